The summed E-state index contributed by atoms with van der Waals surface area (Å²) in [5.74, 6) is 1.64. The topological polar surface area (TPSA) is 77.8 Å². The van der Waals surface area contributed by atoms with Crippen LogP contribution in [0.2, 0.25) is 0 Å². The van der Waals surface area contributed by atoms with E-state index in [9.17, 15) is 0 Å². The molecule has 11 aromatic rings. The Bertz CT molecular complexity index is 3160. The Hall–Kier alpha value is -6.96. The first-order valence-corrected chi connectivity index (χ1v) is 18.2. The lowest BCUT2D eigenvalue weighted by atomic mass is 10.0. The zero-order valence-electron chi connectivity index (χ0n) is 28.0. The number of para-hydroxylation sites is 2. The molecule has 4 heterocycles. The molecule has 0 aliphatic carbocycles. The molecule has 0 amide bonds. The summed E-state index contributed by atoms with van der Waals surface area (Å²) in [6, 6.07) is 53.5. The van der Waals surface area contributed by atoms with Gasteiger partial charge in [0, 0.05) is 44.3 Å². The Balaban J connectivity index is 1.15. The summed E-state index contributed by atoms with van der Waals surface area (Å²) in [6.07, 6.45) is 0. The number of benzene rings is 7. The SMILES string of the molecule is c1ccc(-c2ccc(-c3nc4c(-c5nc(-c6ccccc6)nc(-c6ccc7c(c6)oc6ccccc67)n5)c5c(cc4s3)oc3ccccc35)cc2)cc1. The number of aromatic nitrogens is 4. The van der Waals surface area contributed by atoms with Gasteiger partial charge in [-0.25, -0.2) is 19.9 Å². The molecule has 11 rings (SSSR count). The molecule has 0 unspecified atom stereocenters. The molecule has 7 heteroatoms. The van der Waals surface area contributed by atoms with Crippen LogP contribution in [0.15, 0.2) is 167 Å². The monoisotopic (exact) mass is 698 g/mol. The van der Waals surface area contributed by atoms with Crippen LogP contribution in [0.5, 0.6) is 0 Å². The third kappa shape index (κ3) is 4.93. The number of nitrogens with zero attached hydrogens (tertiary/aromatic N) is 4. The Labute approximate surface area is 306 Å². The second-order valence-corrected chi connectivity index (χ2v) is 14.0. The summed E-state index contributed by atoms with van der Waals surface area (Å²) in [5.41, 5.74) is 9.91. The minimum absolute atomic E-state index is 0.525. The van der Waals surface area contributed by atoms with Crippen molar-refractivity contribution in [2.75, 3.05) is 0 Å². The van der Waals surface area contributed by atoms with Gasteiger partial charge in [0.1, 0.15) is 27.3 Å². The highest BCUT2D eigenvalue weighted by atomic mass is 32.1. The molecular formula is C46H26N4O2S. The van der Waals surface area contributed by atoms with Gasteiger partial charge in [0.05, 0.1) is 15.8 Å². The first-order chi connectivity index (χ1) is 26.2. The summed E-state index contributed by atoms with van der Waals surface area (Å²) < 4.78 is 13.8. The number of rotatable bonds is 5. The van der Waals surface area contributed by atoms with Crippen molar-refractivity contribution >= 4 is 65.4 Å². The third-order valence-electron chi connectivity index (χ3n) is 9.79. The summed E-state index contributed by atoms with van der Waals surface area (Å²) in [4.78, 5) is 20.8. The highest BCUT2D eigenvalue weighted by Gasteiger charge is 2.24. The minimum Gasteiger partial charge on any atom is -0.456 e. The van der Waals surface area contributed by atoms with Gasteiger partial charge in [-0.2, -0.15) is 0 Å². The van der Waals surface area contributed by atoms with E-state index in [0.29, 0.717) is 17.5 Å². The van der Waals surface area contributed by atoms with E-state index in [4.69, 9.17) is 28.8 Å². The lowest BCUT2D eigenvalue weighted by Crippen LogP contribution is -2.01. The molecule has 0 atom stereocenters. The van der Waals surface area contributed by atoms with E-state index >= 15 is 0 Å². The van der Waals surface area contributed by atoms with Crippen molar-refractivity contribution in [1.29, 1.82) is 0 Å². The third-order valence-corrected chi connectivity index (χ3v) is 10.8. The van der Waals surface area contributed by atoms with E-state index in [2.05, 4.69) is 78.9 Å². The van der Waals surface area contributed by atoms with E-state index in [1.54, 1.807) is 11.3 Å². The fraction of sp³-hybridized carbons (Fsp3) is 0. The van der Waals surface area contributed by atoms with Crippen LogP contribution in [0.25, 0.3) is 110 Å². The van der Waals surface area contributed by atoms with Gasteiger partial charge in [0.2, 0.25) is 0 Å². The van der Waals surface area contributed by atoms with Gasteiger partial charge < -0.3 is 8.83 Å². The molecule has 7 aromatic carbocycles. The highest BCUT2D eigenvalue weighted by molar-refractivity contribution is 7.21. The summed E-state index contributed by atoms with van der Waals surface area (Å²) in [5, 5.41) is 4.93. The Kier molecular flexibility index (Phi) is 6.62. The Morgan fingerprint density at radius 3 is 1.70 bits per heavy atom. The maximum atomic E-state index is 6.50. The molecule has 0 saturated carbocycles. The van der Waals surface area contributed by atoms with Crippen molar-refractivity contribution in [3.05, 3.63) is 158 Å². The molecular weight excluding hydrogens is 673 g/mol. The lowest BCUT2D eigenvalue weighted by molar-refractivity contribution is 0.669. The van der Waals surface area contributed by atoms with E-state index in [-0.39, 0.29) is 0 Å². The zero-order chi connectivity index (χ0) is 34.9. The van der Waals surface area contributed by atoms with Crippen molar-refractivity contribution < 1.29 is 8.83 Å². The summed E-state index contributed by atoms with van der Waals surface area (Å²) >= 11 is 1.64. The second-order valence-electron chi connectivity index (χ2n) is 13.0. The zero-order valence-corrected chi connectivity index (χ0v) is 28.8. The van der Waals surface area contributed by atoms with Gasteiger partial charge in [-0.1, -0.05) is 127 Å². The number of furan rings is 2. The van der Waals surface area contributed by atoms with E-state index < -0.39 is 0 Å². The van der Waals surface area contributed by atoms with Crippen LogP contribution < -0.4 is 0 Å². The fourth-order valence-electron chi connectivity index (χ4n) is 7.25. The molecule has 4 aromatic heterocycles. The molecule has 248 valence electrons. The van der Waals surface area contributed by atoms with Crippen LogP contribution in [0.4, 0.5) is 0 Å². The molecule has 53 heavy (non-hydrogen) atoms. The van der Waals surface area contributed by atoms with Gasteiger partial charge in [-0.05, 0) is 35.4 Å². The molecule has 0 saturated heterocycles. The number of fused-ring (bicyclic) bond motifs is 7. The maximum Gasteiger partial charge on any atom is 0.167 e. The van der Waals surface area contributed by atoms with Gasteiger partial charge in [0.15, 0.2) is 17.5 Å². The van der Waals surface area contributed by atoms with Crippen molar-refractivity contribution in [2.45, 2.75) is 0 Å². The lowest BCUT2D eigenvalue weighted by Gasteiger charge is -2.10. The number of thiazole rings is 1. The van der Waals surface area contributed by atoms with Crippen molar-refractivity contribution in [1.82, 2.24) is 19.9 Å². The van der Waals surface area contributed by atoms with Crippen molar-refractivity contribution in [3.63, 3.8) is 0 Å². The first-order valence-electron chi connectivity index (χ1n) is 17.4. The van der Waals surface area contributed by atoms with Gasteiger partial charge in [-0.15, -0.1) is 11.3 Å². The Morgan fingerprint density at radius 2 is 0.925 bits per heavy atom. The second kappa shape index (κ2) is 11.8. The molecule has 0 bridgehead atoms. The minimum atomic E-state index is 0.525. The summed E-state index contributed by atoms with van der Waals surface area (Å²) in [7, 11) is 0. The molecule has 0 N–H and O–H groups in total. The molecule has 0 radical (unpaired) electrons. The van der Waals surface area contributed by atoms with E-state index in [1.165, 1.54) is 5.56 Å². The maximum absolute atomic E-state index is 6.50. The van der Waals surface area contributed by atoms with Gasteiger partial charge in [0.25, 0.3) is 0 Å². The normalized spacial score (nSPS) is 11.8. The van der Waals surface area contributed by atoms with Crippen LogP contribution in [0.1, 0.15) is 0 Å². The summed E-state index contributed by atoms with van der Waals surface area (Å²) in [6.45, 7) is 0. The van der Waals surface area contributed by atoms with Crippen LogP contribution in [0.3, 0.4) is 0 Å². The van der Waals surface area contributed by atoms with Crippen LogP contribution in [-0.2, 0) is 0 Å². The standard InChI is InChI=1S/C46H26N4O2S/c1-3-11-27(12-4-1)28-19-21-30(22-20-28)46-47-42-39(53-46)26-38-40(34-16-8-10-18-36(34)52-38)41(42)45-49-43(29-13-5-2-6-14-29)48-44(50-45)31-23-24-33-32-15-7-9-17-35(32)51-37(33)25-31/h1-26H. The van der Waals surface area contributed by atoms with E-state index in [0.717, 1.165) is 86.9 Å². The van der Waals surface area contributed by atoms with E-state index in [1.807, 2.05) is 78.9 Å². The Morgan fingerprint density at radius 1 is 0.377 bits per heavy atom. The highest BCUT2D eigenvalue weighted by Crippen LogP contribution is 2.44. The predicted molar refractivity (Wildman–Crippen MR) is 215 cm³/mol. The fourth-order valence-corrected chi connectivity index (χ4v) is 8.25. The van der Waals surface area contributed by atoms with Gasteiger partial charge in [-0.3, -0.25) is 0 Å². The van der Waals surface area contributed by atoms with Crippen LogP contribution >= 0.6 is 11.3 Å². The van der Waals surface area contributed by atoms with Crippen LogP contribution in [0, 0.1) is 0 Å². The largest absolute Gasteiger partial charge is 0.456 e. The number of hydrogen-bond acceptors (Lipinski definition) is 7. The quantitative estimate of drug-likeness (QED) is 0.178. The average molecular weight is 699 g/mol. The molecule has 0 aliphatic heterocycles. The van der Waals surface area contributed by atoms with Crippen LogP contribution in [-0.4, -0.2) is 19.9 Å². The van der Waals surface area contributed by atoms with Crippen molar-refractivity contribution in [3.8, 4) is 55.9 Å². The van der Waals surface area contributed by atoms with Crippen molar-refractivity contribution in [2.24, 2.45) is 0 Å². The molecule has 6 nitrogen and oxygen atoms in total. The van der Waals surface area contributed by atoms with Gasteiger partial charge >= 0.3 is 0 Å². The smallest absolute Gasteiger partial charge is 0.167 e. The number of hydrogen-bond donors (Lipinski definition) is 0. The average Bonchev–Trinajstić information content (AvgIpc) is 3.93. The molecule has 0 spiro atoms. The molecule has 0 fully saturated rings. The first kappa shape index (κ1) is 29.7. The predicted octanol–water partition coefficient (Wildman–Crippen LogP) is 12.6. The molecule has 0 aliphatic rings.